The van der Waals surface area contributed by atoms with Crippen molar-refractivity contribution < 1.29 is 28.6 Å². The monoisotopic (exact) mass is 492 g/mol. The summed E-state index contributed by atoms with van der Waals surface area (Å²) in [7, 11) is 1.53. The second kappa shape index (κ2) is 11.0. The van der Waals surface area contributed by atoms with Gasteiger partial charge in [0.05, 0.1) is 23.9 Å². The summed E-state index contributed by atoms with van der Waals surface area (Å²) in [5.41, 5.74) is 3.69. The summed E-state index contributed by atoms with van der Waals surface area (Å²) in [6, 6.07) is 11.0. The molecule has 0 radical (unpaired) electrons. The van der Waals surface area contributed by atoms with Crippen LogP contribution in [0.3, 0.4) is 0 Å². The second-order valence-corrected chi connectivity index (χ2v) is 9.12. The van der Waals surface area contributed by atoms with E-state index < -0.39 is 18.4 Å². The number of carbonyl (C=O) groups excluding carboxylic acids is 3. The molecule has 0 spiro atoms. The zero-order valence-electron chi connectivity index (χ0n) is 21.0. The molecular weight excluding hydrogens is 460 g/mol. The van der Waals surface area contributed by atoms with Gasteiger partial charge in [-0.2, -0.15) is 0 Å². The molecule has 2 aromatic carbocycles. The van der Waals surface area contributed by atoms with E-state index in [4.69, 9.17) is 14.2 Å². The van der Waals surface area contributed by atoms with E-state index in [0.29, 0.717) is 49.4 Å². The lowest BCUT2D eigenvalue weighted by Crippen LogP contribution is -2.56. The highest BCUT2D eigenvalue weighted by Gasteiger charge is 2.46. The van der Waals surface area contributed by atoms with E-state index in [1.54, 1.807) is 24.0 Å². The first-order valence-corrected chi connectivity index (χ1v) is 12.1. The summed E-state index contributed by atoms with van der Waals surface area (Å²) >= 11 is 0. The Hall–Kier alpha value is -3.65. The SMILES string of the molecule is C=CCOC(=O)N1c2cc(OCCCC(C)=O)c(C)cc2C(=O)N2Cc3ccccc3C[C@H]2C1OC. The van der Waals surface area contributed by atoms with Gasteiger partial charge < -0.3 is 23.9 Å². The van der Waals surface area contributed by atoms with Crippen molar-refractivity contribution in [3.8, 4) is 5.75 Å². The number of ether oxygens (including phenoxy) is 3. The van der Waals surface area contributed by atoms with Crippen molar-refractivity contribution in [1.82, 2.24) is 4.90 Å². The number of carbonyl (C=O) groups is 3. The first kappa shape index (κ1) is 25.4. The fourth-order valence-corrected chi connectivity index (χ4v) is 4.86. The van der Waals surface area contributed by atoms with Gasteiger partial charge in [0.1, 0.15) is 18.1 Å². The number of hydrogen-bond donors (Lipinski definition) is 0. The lowest BCUT2D eigenvalue weighted by atomic mass is 9.92. The van der Waals surface area contributed by atoms with Crippen LogP contribution in [-0.4, -0.2) is 55.3 Å². The van der Waals surface area contributed by atoms with Crippen LogP contribution in [-0.2, 0) is 27.2 Å². The molecule has 190 valence electrons. The smallest absolute Gasteiger partial charge is 0.416 e. The second-order valence-electron chi connectivity index (χ2n) is 9.12. The standard InChI is InChI=1S/C28H32N2O6/c1-5-12-36-28(33)30-23-16-25(35-13-8-9-19(3)31)18(2)14-22(23)26(32)29-17-21-11-7-6-10-20(21)15-24(29)27(30)34-4/h5-7,10-11,14,16,24,27H,1,8-9,12-13,15,17H2,2-4H3/t24-,27?/m0/s1. The molecule has 2 aliphatic heterocycles. The minimum absolute atomic E-state index is 0.0204. The summed E-state index contributed by atoms with van der Waals surface area (Å²) in [5.74, 6) is 0.445. The van der Waals surface area contributed by atoms with Crippen LogP contribution >= 0.6 is 0 Å². The molecule has 2 atom stereocenters. The molecule has 8 heteroatoms. The van der Waals surface area contributed by atoms with Crippen LogP contribution in [0.4, 0.5) is 10.5 Å². The summed E-state index contributed by atoms with van der Waals surface area (Å²) in [4.78, 5) is 41.8. The number of ketones is 1. The highest BCUT2D eigenvalue weighted by Crippen LogP contribution is 2.39. The maximum atomic E-state index is 13.9. The Balaban J connectivity index is 1.79. The molecule has 2 aliphatic rings. The van der Waals surface area contributed by atoms with E-state index >= 15 is 0 Å². The maximum Gasteiger partial charge on any atom is 0.416 e. The molecule has 0 bridgehead atoms. The molecular formula is C28H32N2O6. The quantitative estimate of drug-likeness (QED) is 0.401. The summed E-state index contributed by atoms with van der Waals surface area (Å²) in [6.45, 7) is 7.80. The highest BCUT2D eigenvalue weighted by atomic mass is 16.6. The Kier molecular flexibility index (Phi) is 7.74. The lowest BCUT2D eigenvalue weighted by molar-refractivity contribution is -0.117. The summed E-state index contributed by atoms with van der Waals surface area (Å²) in [6.07, 6.45) is 1.60. The first-order valence-electron chi connectivity index (χ1n) is 12.1. The predicted octanol–water partition coefficient (Wildman–Crippen LogP) is 4.43. The molecule has 0 aromatic heterocycles. The van der Waals surface area contributed by atoms with Gasteiger partial charge in [0.25, 0.3) is 5.91 Å². The van der Waals surface area contributed by atoms with E-state index in [1.165, 1.54) is 18.1 Å². The third kappa shape index (κ3) is 4.99. The number of methoxy groups -OCH3 is 1. The largest absolute Gasteiger partial charge is 0.493 e. The molecule has 0 N–H and O–H groups in total. The van der Waals surface area contributed by atoms with Crippen molar-refractivity contribution in [3.63, 3.8) is 0 Å². The number of fused-ring (bicyclic) bond motifs is 3. The predicted molar refractivity (Wildman–Crippen MR) is 135 cm³/mol. The highest BCUT2D eigenvalue weighted by molar-refractivity contribution is 6.05. The van der Waals surface area contributed by atoms with Crippen molar-refractivity contribution in [1.29, 1.82) is 0 Å². The van der Waals surface area contributed by atoms with Crippen LogP contribution in [0, 0.1) is 6.92 Å². The molecule has 2 heterocycles. The third-order valence-electron chi connectivity index (χ3n) is 6.61. The molecule has 4 rings (SSSR count). The molecule has 0 aliphatic carbocycles. The van der Waals surface area contributed by atoms with Crippen LogP contribution in [0.2, 0.25) is 0 Å². The molecule has 0 saturated heterocycles. The molecule has 1 unspecified atom stereocenters. The Bertz CT molecular complexity index is 1180. The summed E-state index contributed by atoms with van der Waals surface area (Å²) in [5, 5.41) is 0. The van der Waals surface area contributed by atoms with Crippen LogP contribution in [0.25, 0.3) is 0 Å². The van der Waals surface area contributed by atoms with Gasteiger partial charge in [0.15, 0.2) is 6.23 Å². The lowest BCUT2D eigenvalue weighted by Gasteiger charge is -2.41. The van der Waals surface area contributed by atoms with Crippen molar-refractivity contribution in [2.24, 2.45) is 0 Å². The Morgan fingerprint density at radius 3 is 2.64 bits per heavy atom. The zero-order valence-corrected chi connectivity index (χ0v) is 21.0. The Labute approximate surface area is 211 Å². The van der Waals surface area contributed by atoms with Crippen LogP contribution in [0.15, 0.2) is 49.1 Å². The van der Waals surface area contributed by atoms with Gasteiger partial charge in [0.2, 0.25) is 0 Å². The molecule has 2 aromatic rings. The number of aryl methyl sites for hydroxylation is 1. The fraction of sp³-hybridized carbons (Fsp3) is 0.393. The topological polar surface area (TPSA) is 85.4 Å². The third-order valence-corrected chi connectivity index (χ3v) is 6.61. The van der Waals surface area contributed by atoms with E-state index in [1.807, 2.05) is 31.2 Å². The van der Waals surface area contributed by atoms with Gasteiger partial charge in [-0.3, -0.25) is 4.79 Å². The number of benzene rings is 2. The summed E-state index contributed by atoms with van der Waals surface area (Å²) < 4.78 is 17.3. The molecule has 36 heavy (non-hydrogen) atoms. The minimum atomic E-state index is -0.783. The van der Waals surface area contributed by atoms with Gasteiger partial charge in [-0.1, -0.05) is 36.9 Å². The zero-order chi connectivity index (χ0) is 25.8. The van der Waals surface area contributed by atoms with Crippen LogP contribution < -0.4 is 9.64 Å². The van der Waals surface area contributed by atoms with E-state index in [-0.39, 0.29) is 18.3 Å². The van der Waals surface area contributed by atoms with Crippen molar-refractivity contribution in [2.45, 2.75) is 51.9 Å². The minimum Gasteiger partial charge on any atom is -0.493 e. The maximum absolute atomic E-state index is 13.9. The van der Waals surface area contributed by atoms with Gasteiger partial charge in [-0.15, -0.1) is 0 Å². The van der Waals surface area contributed by atoms with Gasteiger partial charge >= 0.3 is 6.09 Å². The van der Waals surface area contributed by atoms with Gasteiger partial charge in [-0.25, -0.2) is 9.69 Å². The average molecular weight is 493 g/mol. The number of anilines is 1. The van der Waals surface area contributed by atoms with Crippen LogP contribution in [0.5, 0.6) is 5.75 Å². The normalized spacial score (nSPS) is 18.5. The van der Waals surface area contributed by atoms with Crippen molar-refractivity contribution >= 4 is 23.5 Å². The number of rotatable bonds is 8. The first-order chi connectivity index (χ1) is 17.3. The molecule has 8 nitrogen and oxygen atoms in total. The van der Waals surface area contributed by atoms with Crippen LogP contribution in [0.1, 0.15) is 46.8 Å². The number of hydrogen-bond acceptors (Lipinski definition) is 6. The van der Waals surface area contributed by atoms with E-state index in [0.717, 1.165) is 16.7 Å². The number of nitrogens with zero attached hydrogens (tertiary/aromatic N) is 2. The fourth-order valence-electron chi connectivity index (χ4n) is 4.86. The molecule has 0 saturated carbocycles. The van der Waals surface area contributed by atoms with Gasteiger partial charge in [-0.05, 0) is 49.4 Å². The van der Waals surface area contributed by atoms with E-state index in [2.05, 4.69) is 6.58 Å². The van der Waals surface area contributed by atoms with Crippen molar-refractivity contribution in [3.05, 3.63) is 71.3 Å². The van der Waals surface area contributed by atoms with E-state index in [9.17, 15) is 14.4 Å². The molecule has 2 amide bonds. The Morgan fingerprint density at radius 1 is 1.19 bits per heavy atom. The number of Topliss-reactive ketones (excluding diaryl/α,β-unsaturated/α-hetero) is 1. The molecule has 0 fully saturated rings. The van der Waals surface area contributed by atoms with Crippen molar-refractivity contribution in [2.75, 3.05) is 25.2 Å². The average Bonchev–Trinajstić information content (AvgIpc) is 2.96. The number of amides is 2. The van der Waals surface area contributed by atoms with Gasteiger partial charge in [0, 0.05) is 26.1 Å². The Morgan fingerprint density at radius 2 is 1.94 bits per heavy atom.